The van der Waals surface area contributed by atoms with E-state index in [2.05, 4.69) is 20.9 Å². The SMILES string of the molecule is CCC(C)C(NC(=O)C(Cc1c[nH]c2ccccc12)NC(=O)C(N)C(C)O)C(=O)NC(C)C(=O)O. The number of amides is 3. The van der Waals surface area contributed by atoms with Crippen LogP contribution in [0.4, 0.5) is 0 Å². The van der Waals surface area contributed by atoms with Crippen molar-refractivity contribution in [1.82, 2.24) is 20.9 Å². The van der Waals surface area contributed by atoms with Gasteiger partial charge in [0.2, 0.25) is 17.7 Å². The van der Waals surface area contributed by atoms with Crippen LogP contribution in [0.15, 0.2) is 30.5 Å². The third-order valence-corrected chi connectivity index (χ3v) is 6.08. The van der Waals surface area contributed by atoms with Gasteiger partial charge in [0.25, 0.3) is 0 Å². The van der Waals surface area contributed by atoms with E-state index in [0.717, 1.165) is 16.5 Å². The Morgan fingerprint density at radius 3 is 2.26 bits per heavy atom. The number of carboxylic acid groups (broad SMARTS) is 1. The molecule has 0 spiro atoms. The number of benzene rings is 1. The molecule has 11 nitrogen and oxygen atoms in total. The zero-order valence-corrected chi connectivity index (χ0v) is 20.4. The molecule has 1 aromatic carbocycles. The number of hydrogen-bond acceptors (Lipinski definition) is 6. The molecule has 0 aliphatic heterocycles. The van der Waals surface area contributed by atoms with E-state index in [-0.39, 0.29) is 12.3 Å². The third-order valence-electron chi connectivity index (χ3n) is 6.08. The summed E-state index contributed by atoms with van der Waals surface area (Å²) in [5, 5.41) is 27.3. The molecule has 0 radical (unpaired) electrons. The van der Waals surface area contributed by atoms with E-state index < -0.39 is 54.0 Å². The summed E-state index contributed by atoms with van der Waals surface area (Å²) in [6, 6.07) is 2.94. The van der Waals surface area contributed by atoms with Crippen LogP contribution in [0, 0.1) is 5.92 Å². The lowest BCUT2D eigenvalue weighted by Crippen LogP contribution is -2.59. The molecule has 11 heteroatoms. The largest absolute Gasteiger partial charge is 0.480 e. The molecule has 6 atom stereocenters. The smallest absolute Gasteiger partial charge is 0.325 e. The summed E-state index contributed by atoms with van der Waals surface area (Å²) in [5.41, 5.74) is 7.37. The average molecular weight is 490 g/mol. The number of H-pyrrole nitrogens is 1. The van der Waals surface area contributed by atoms with Gasteiger partial charge in [0.05, 0.1) is 6.10 Å². The highest BCUT2D eigenvalue weighted by Gasteiger charge is 2.32. The molecular formula is C24H35N5O6. The second-order valence-corrected chi connectivity index (χ2v) is 8.83. The lowest BCUT2D eigenvalue weighted by Gasteiger charge is -2.28. The summed E-state index contributed by atoms with van der Waals surface area (Å²) < 4.78 is 0. The number of nitrogens with two attached hydrogens (primary N) is 1. The molecule has 0 saturated carbocycles. The van der Waals surface area contributed by atoms with Crippen molar-refractivity contribution in [3.63, 3.8) is 0 Å². The van der Waals surface area contributed by atoms with Crippen molar-refractivity contribution in [2.45, 2.75) is 70.8 Å². The lowest BCUT2D eigenvalue weighted by atomic mass is 9.96. The third kappa shape index (κ3) is 7.27. The standard InChI is InChI=1S/C24H35N5O6/c1-5-12(2)20(23(33)27-13(3)24(34)35)29-21(31)18(28-22(32)19(25)14(4)30)10-15-11-26-17-9-7-6-8-16(15)17/h6-9,11-14,18-20,26,30H,5,10,25H2,1-4H3,(H,27,33)(H,28,32)(H,29,31)(H,34,35). The maximum Gasteiger partial charge on any atom is 0.325 e. The molecule has 6 unspecified atom stereocenters. The fraction of sp³-hybridized carbons (Fsp3) is 0.500. The van der Waals surface area contributed by atoms with Crippen LogP contribution in [0.2, 0.25) is 0 Å². The summed E-state index contributed by atoms with van der Waals surface area (Å²) in [6.45, 7) is 6.29. The summed E-state index contributed by atoms with van der Waals surface area (Å²) in [5.74, 6) is -3.51. The Kier molecular flexibility index (Phi) is 9.78. The molecule has 192 valence electrons. The predicted octanol–water partition coefficient (Wildman–Crippen LogP) is 0.0235. The number of rotatable bonds is 12. The summed E-state index contributed by atoms with van der Waals surface area (Å²) >= 11 is 0. The number of fused-ring (bicyclic) bond motifs is 1. The van der Waals surface area contributed by atoms with Gasteiger partial charge in [-0.25, -0.2) is 0 Å². The van der Waals surface area contributed by atoms with Crippen molar-refractivity contribution in [2.75, 3.05) is 0 Å². The minimum atomic E-state index is -1.25. The Labute approximate surface area is 203 Å². The maximum atomic E-state index is 13.4. The van der Waals surface area contributed by atoms with Crippen LogP contribution in [-0.2, 0) is 25.6 Å². The monoisotopic (exact) mass is 489 g/mol. The number of hydrogen-bond donors (Lipinski definition) is 7. The first-order valence-electron chi connectivity index (χ1n) is 11.6. The van der Waals surface area contributed by atoms with Gasteiger partial charge in [-0.3, -0.25) is 19.2 Å². The van der Waals surface area contributed by atoms with Gasteiger partial charge in [0, 0.05) is 23.5 Å². The van der Waals surface area contributed by atoms with Crippen molar-refractivity contribution in [1.29, 1.82) is 0 Å². The van der Waals surface area contributed by atoms with Gasteiger partial charge in [-0.05, 0) is 31.4 Å². The summed E-state index contributed by atoms with van der Waals surface area (Å²) in [7, 11) is 0. The second kappa shape index (κ2) is 12.3. The molecule has 0 fully saturated rings. The fourth-order valence-electron chi connectivity index (χ4n) is 3.54. The van der Waals surface area contributed by atoms with Crippen LogP contribution >= 0.6 is 0 Å². The Hall–Kier alpha value is -3.44. The molecule has 8 N–H and O–H groups in total. The number of aliphatic hydroxyl groups is 1. The summed E-state index contributed by atoms with van der Waals surface area (Å²) in [6.07, 6.45) is 1.22. The van der Waals surface area contributed by atoms with E-state index in [4.69, 9.17) is 10.8 Å². The molecule has 1 heterocycles. The van der Waals surface area contributed by atoms with Crippen LogP contribution in [0.1, 0.15) is 39.7 Å². The van der Waals surface area contributed by atoms with E-state index in [1.54, 1.807) is 13.1 Å². The molecule has 2 rings (SSSR count). The highest BCUT2D eigenvalue weighted by molar-refractivity contribution is 5.95. The van der Waals surface area contributed by atoms with Crippen LogP contribution in [0.25, 0.3) is 10.9 Å². The van der Waals surface area contributed by atoms with E-state index >= 15 is 0 Å². The minimum Gasteiger partial charge on any atom is -0.480 e. The van der Waals surface area contributed by atoms with E-state index in [1.807, 2.05) is 31.2 Å². The number of carboxylic acids is 1. The number of aromatic nitrogens is 1. The molecule has 0 aliphatic carbocycles. The molecule has 0 aliphatic rings. The van der Waals surface area contributed by atoms with E-state index in [1.165, 1.54) is 13.8 Å². The normalized spacial score (nSPS) is 16.4. The van der Waals surface area contributed by atoms with Gasteiger partial charge in [0.15, 0.2) is 0 Å². The fourth-order valence-corrected chi connectivity index (χ4v) is 3.54. The zero-order chi connectivity index (χ0) is 26.3. The molecule has 35 heavy (non-hydrogen) atoms. The second-order valence-electron chi connectivity index (χ2n) is 8.83. The highest BCUT2D eigenvalue weighted by Crippen LogP contribution is 2.19. The van der Waals surface area contributed by atoms with Crippen molar-refractivity contribution in [2.24, 2.45) is 11.7 Å². The molecule has 2 aromatic rings. The van der Waals surface area contributed by atoms with Gasteiger partial charge in [0.1, 0.15) is 24.2 Å². The lowest BCUT2D eigenvalue weighted by molar-refractivity contribution is -0.142. The number of carbonyl (C=O) groups excluding carboxylic acids is 3. The number of nitrogens with one attached hydrogen (secondary N) is 4. The van der Waals surface area contributed by atoms with Gasteiger partial charge < -0.3 is 36.9 Å². The van der Waals surface area contributed by atoms with Crippen molar-refractivity contribution >= 4 is 34.6 Å². The first kappa shape index (κ1) is 27.8. The van der Waals surface area contributed by atoms with Crippen LogP contribution in [0.5, 0.6) is 0 Å². The van der Waals surface area contributed by atoms with Crippen molar-refractivity contribution < 1.29 is 29.4 Å². The topological polar surface area (TPSA) is 187 Å². The molecule has 0 bridgehead atoms. The Morgan fingerprint density at radius 2 is 1.66 bits per heavy atom. The van der Waals surface area contributed by atoms with Gasteiger partial charge in [-0.1, -0.05) is 38.5 Å². The highest BCUT2D eigenvalue weighted by atomic mass is 16.4. The number of aliphatic hydroxyl groups excluding tert-OH is 1. The first-order valence-corrected chi connectivity index (χ1v) is 11.6. The predicted molar refractivity (Wildman–Crippen MR) is 130 cm³/mol. The average Bonchev–Trinajstić information content (AvgIpc) is 3.23. The van der Waals surface area contributed by atoms with Gasteiger partial charge in [-0.2, -0.15) is 0 Å². The van der Waals surface area contributed by atoms with Gasteiger partial charge >= 0.3 is 5.97 Å². The molecular weight excluding hydrogens is 454 g/mol. The first-order chi connectivity index (χ1) is 16.5. The number of carbonyl (C=O) groups is 4. The summed E-state index contributed by atoms with van der Waals surface area (Å²) in [4.78, 5) is 53.0. The van der Waals surface area contributed by atoms with Crippen LogP contribution in [0.3, 0.4) is 0 Å². The number of aromatic amines is 1. The van der Waals surface area contributed by atoms with Crippen LogP contribution < -0.4 is 21.7 Å². The molecule has 3 amide bonds. The van der Waals surface area contributed by atoms with E-state index in [0.29, 0.717) is 6.42 Å². The Balaban J connectivity index is 2.31. The Bertz CT molecular complexity index is 1050. The quantitative estimate of drug-likeness (QED) is 0.219. The van der Waals surface area contributed by atoms with E-state index in [9.17, 15) is 24.3 Å². The van der Waals surface area contributed by atoms with Gasteiger partial charge in [-0.15, -0.1) is 0 Å². The maximum absolute atomic E-state index is 13.4. The zero-order valence-electron chi connectivity index (χ0n) is 20.4. The van der Waals surface area contributed by atoms with Crippen LogP contribution in [-0.4, -0.2) is 69.2 Å². The Morgan fingerprint density at radius 1 is 1.00 bits per heavy atom. The minimum absolute atomic E-state index is 0.0918. The van der Waals surface area contributed by atoms with Crippen molar-refractivity contribution in [3.05, 3.63) is 36.0 Å². The number of aliphatic carboxylic acids is 1. The van der Waals surface area contributed by atoms with Crippen molar-refractivity contribution in [3.8, 4) is 0 Å². The molecule has 1 aromatic heterocycles. The molecule has 0 saturated heterocycles. The number of para-hydroxylation sites is 1.